The van der Waals surface area contributed by atoms with Gasteiger partial charge in [0.2, 0.25) is 0 Å². The second kappa shape index (κ2) is 8.37. The highest BCUT2D eigenvalue weighted by atomic mass is 16.5. The van der Waals surface area contributed by atoms with Crippen molar-refractivity contribution in [1.29, 1.82) is 0 Å². The van der Waals surface area contributed by atoms with Crippen LogP contribution in [0.2, 0.25) is 0 Å². The third-order valence-corrected chi connectivity index (χ3v) is 2.98. The Balaban J connectivity index is 2.46. The Hall–Kier alpha value is -1.82. The lowest BCUT2D eigenvalue weighted by Gasteiger charge is -2.27. The quantitative estimate of drug-likeness (QED) is 0.583. The van der Waals surface area contributed by atoms with Crippen molar-refractivity contribution in [3.8, 4) is 0 Å². The SMILES string of the molecule is CCOC(=O)C1=C(O)CCN(CC/C=C/C(=O)OC)C1. The predicted molar refractivity (Wildman–Crippen MR) is 73.1 cm³/mol. The van der Waals surface area contributed by atoms with Gasteiger partial charge >= 0.3 is 11.9 Å². The Bertz CT molecular complexity index is 414. The second-order valence-corrected chi connectivity index (χ2v) is 4.39. The number of ether oxygens (including phenoxy) is 2. The zero-order valence-corrected chi connectivity index (χ0v) is 11.9. The molecule has 20 heavy (non-hydrogen) atoms. The Labute approximate surface area is 118 Å². The number of carbonyl (C=O) groups excluding carboxylic acids is 2. The van der Waals surface area contributed by atoms with Crippen LogP contribution in [0, 0.1) is 0 Å². The van der Waals surface area contributed by atoms with Crippen LogP contribution in [-0.4, -0.2) is 55.3 Å². The molecule has 1 aliphatic rings. The summed E-state index contributed by atoms with van der Waals surface area (Å²) in [6.07, 6.45) is 4.22. The molecule has 0 aliphatic carbocycles. The van der Waals surface area contributed by atoms with E-state index in [2.05, 4.69) is 4.74 Å². The summed E-state index contributed by atoms with van der Waals surface area (Å²) in [5.74, 6) is -0.724. The molecule has 0 aromatic rings. The zero-order chi connectivity index (χ0) is 15.0. The summed E-state index contributed by atoms with van der Waals surface area (Å²) in [6.45, 7) is 3.77. The fraction of sp³-hybridized carbons (Fsp3) is 0.571. The predicted octanol–water partition coefficient (Wildman–Crippen LogP) is 1.19. The minimum Gasteiger partial charge on any atom is -0.512 e. The molecule has 0 saturated carbocycles. The molecule has 0 spiro atoms. The van der Waals surface area contributed by atoms with Gasteiger partial charge in [-0.05, 0) is 13.3 Å². The van der Waals surface area contributed by atoms with Crippen LogP contribution in [0.1, 0.15) is 19.8 Å². The molecule has 6 heteroatoms. The Morgan fingerprint density at radius 3 is 2.85 bits per heavy atom. The Morgan fingerprint density at radius 1 is 1.45 bits per heavy atom. The number of hydrogen-bond acceptors (Lipinski definition) is 6. The lowest BCUT2D eigenvalue weighted by molar-refractivity contribution is -0.139. The Kier molecular flexibility index (Phi) is 6.79. The first-order valence-electron chi connectivity index (χ1n) is 6.63. The van der Waals surface area contributed by atoms with Crippen molar-refractivity contribution in [3.05, 3.63) is 23.5 Å². The third-order valence-electron chi connectivity index (χ3n) is 2.98. The van der Waals surface area contributed by atoms with Gasteiger partial charge in [-0.1, -0.05) is 6.08 Å². The molecule has 1 rings (SSSR count). The van der Waals surface area contributed by atoms with Crippen LogP contribution in [-0.2, 0) is 19.1 Å². The maximum Gasteiger partial charge on any atom is 0.338 e. The smallest absolute Gasteiger partial charge is 0.338 e. The number of nitrogens with zero attached hydrogens (tertiary/aromatic N) is 1. The highest BCUT2D eigenvalue weighted by Crippen LogP contribution is 2.17. The van der Waals surface area contributed by atoms with E-state index < -0.39 is 5.97 Å². The molecule has 0 aromatic carbocycles. The molecule has 0 saturated heterocycles. The number of methoxy groups -OCH3 is 1. The number of aliphatic hydroxyl groups is 1. The molecule has 6 nitrogen and oxygen atoms in total. The largest absolute Gasteiger partial charge is 0.512 e. The lowest BCUT2D eigenvalue weighted by atomic mass is 10.1. The Morgan fingerprint density at radius 2 is 2.20 bits per heavy atom. The van der Waals surface area contributed by atoms with Gasteiger partial charge in [0.1, 0.15) is 5.76 Å². The molecule has 0 aromatic heterocycles. The number of rotatable bonds is 6. The van der Waals surface area contributed by atoms with Crippen molar-refractivity contribution in [2.75, 3.05) is 33.4 Å². The monoisotopic (exact) mass is 283 g/mol. The van der Waals surface area contributed by atoms with Crippen molar-refractivity contribution in [2.24, 2.45) is 0 Å². The standard InChI is InChI=1S/C14H21NO5/c1-3-20-14(18)11-10-15(9-7-12(11)16)8-5-4-6-13(17)19-2/h4,6,16H,3,5,7-10H2,1-2H3/b6-4+. The van der Waals surface area contributed by atoms with Crippen LogP contribution >= 0.6 is 0 Å². The van der Waals surface area contributed by atoms with Gasteiger partial charge in [0.15, 0.2) is 0 Å². The van der Waals surface area contributed by atoms with Crippen molar-refractivity contribution < 1.29 is 24.2 Å². The van der Waals surface area contributed by atoms with Gasteiger partial charge in [0.25, 0.3) is 0 Å². The molecule has 112 valence electrons. The number of aliphatic hydroxyl groups excluding tert-OH is 1. The van der Waals surface area contributed by atoms with Crippen molar-refractivity contribution >= 4 is 11.9 Å². The first-order valence-corrected chi connectivity index (χ1v) is 6.63. The molecule has 0 unspecified atom stereocenters. The van der Waals surface area contributed by atoms with Crippen LogP contribution in [0.15, 0.2) is 23.5 Å². The van der Waals surface area contributed by atoms with Gasteiger partial charge in [0, 0.05) is 32.1 Å². The van der Waals surface area contributed by atoms with E-state index in [9.17, 15) is 14.7 Å². The number of hydrogen-bond donors (Lipinski definition) is 1. The molecule has 1 heterocycles. The fourth-order valence-electron chi connectivity index (χ4n) is 1.90. The normalized spacial score (nSPS) is 16.5. The van der Waals surface area contributed by atoms with E-state index in [1.165, 1.54) is 13.2 Å². The molecular weight excluding hydrogens is 262 g/mol. The van der Waals surface area contributed by atoms with Crippen LogP contribution in [0.5, 0.6) is 0 Å². The highest BCUT2D eigenvalue weighted by molar-refractivity contribution is 5.89. The number of esters is 2. The molecule has 0 fully saturated rings. The van der Waals surface area contributed by atoms with E-state index in [4.69, 9.17) is 4.74 Å². The number of carbonyl (C=O) groups is 2. The average molecular weight is 283 g/mol. The van der Waals surface area contributed by atoms with Crippen molar-refractivity contribution in [3.63, 3.8) is 0 Å². The van der Waals surface area contributed by atoms with Gasteiger partial charge in [-0.25, -0.2) is 9.59 Å². The molecular formula is C14H21NO5. The van der Waals surface area contributed by atoms with E-state index in [0.717, 1.165) is 0 Å². The summed E-state index contributed by atoms with van der Waals surface area (Å²) in [7, 11) is 1.33. The second-order valence-electron chi connectivity index (χ2n) is 4.39. The maximum atomic E-state index is 11.7. The minimum absolute atomic E-state index is 0.116. The fourth-order valence-corrected chi connectivity index (χ4v) is 1.90. The van der Waals surface area contributed by atoms with Crippen LogP contribution in [0.4, 0.5) is 0 Å². The maximum absolute atomic E-state index is 11.7. The summed E-state index contributed by atoms with van der Waals surface area (Å²) >= 11 is 0. The summed E-state index contributed by atoms with van der Waals surface area (Å²) in [5, 5.41) is 9.74. The summed E-state index contributed by atoms with van der Waals surface area (Å²) in [6, 6.07) is 0. The van der Waals surface area contributed by atoms with Crippen LogP contribution < -0.4 is 0 Å². The molecule has 0 radical (unpaired) electrons. The average Bonchev–Trinajstić information content (AvgIpc) is 2.45. The third kappa shape index (κ3) is 5.05. The lowest BCUT2D eigenvalue weighted by Crippen LogP contribution is -2.35. The van der Waals surface area contributed by atoms with Crippen molar-refractivity contribution in [2.45, 2.75) is 19.8 Å². The molecule has 0 bridgehead atoms. The van der Waals surface area contributed by atoms with Crippen LogP contribution in [0.3, 0.4) is 0 Å². The van der Waals surface area contributed by atoms with Gasteiger partial charge in [-0.15, -0.1) is 0 Å². The van der Waals surface area contributed by atoms with E-state index in [-0.39, 0.29) is 18.3 Å². The minimum atomic E-state index is -0.459. The van der Waals surface area contributed by atoms with E-state index in [1.807, 2.05) is 4.90 Å². The molecule has 0 atom stereocenters. The van der Waals surface area contributed by atoms with Gasteiger partial charge in [-0.2, -0.15) is 0 Å². The van der Waals surface area contributed by atoms with Gasteiger partial charge in [-0.3, -0.25) is 4.90 Å². The molecule has 1 aliphatic heterocycles. The topological polar surface area (TPSA) is 76.1 Å². The van der Waals surface area contributed by atoms with Gasteiger partial charge < -0.3 is 14.6 Å². The zero-order valence-electron chi connectivity index (χ0n) is 11.9. The first-order chi connectivity index (χ1) is 9.58. The van der Waals surface area contributed by atoms with E-state index in [0.29, 0.717) is 38.0 Å². The summed E-state index contributed by atoms with van der Waals surface area (Å²) in [5.41, 5.74) is 0.329. The van der Waals surface area contributed by atoms with Crippen LogP contribution in [0.25, 0.3) is 0 Å². The van der Waals surface area contributed by atoms with E-state index in [1.54, 1.807) is 13.0 Å². The summed E-state index contributed by atoms with van der Waals surface area (Å²) < 4.78 is 9.40. The molecule has 0 amide bonds. The van der Waals surface area contributed by atoms with E-state index >= 15 is 0 Å². The molecule has 1 N–H and O–H groups in total. The highest BCUT2D eigenvalue weighted by Gasteiger charge is 2.24. The summed E-state index contributed by atoms with van der Waals surface area (Å²) in [4.78, 5) is 24.6. The first kappa shape index (κ1) is 16.2. The van der Waals surface area contributed by atoms with Gasteiger partial charge in [0.05, 0.1) is 19.3 Å². The van der Waals surface area contributed by atoms with Crippen molar-refractivity contribution in [1.82, 2.24) is 4.90 Å².